The van der Waals surface area contributed by atoms with Crippen molar-refractivity contribution in [2.75, 3.05) is 26.7 Å². The zero-order valence-corrected chi connectivity index (χ0v) is 11.2. The van der Waals surface area contributed by atoms with Gasteiger partial charge >= 0.3 is 0 Å². The SMILES string of the molecule is CN1CCC(N2Cc3ccccc3C2CN)CC1. The number of rotatable bonds is 2. The maximum Gasteiger partial charge on any atom is 0.0480 e. The topological polar surface area (TPSA) is 32.5 Å². The molecule has 2 aliphatic heterocycles. The van der Waals surface area contributed by atoms with Crippen LogP contribution in [0.25, 0.3) is 0 Å². The third kappa shape index (κ3) is 2.07. The van der Waals surface area contributed by atoms with E-state index in [1.807, 2.05) is 0 Å². The summed E-state index contributed by atoms with van der Waals surface area (Å²) in [6, 6.07) is 9.94. The van der Waals surface area contributed by atoms with Crippen LogP contribution >= 0.6 is 0 Å². The fraction of sp³-hybridized carbons (Fsp3) is 0.600. The monoisotopic (exact) mass is 245 g/mol. The van der Waals surface area contributed by atoms with Crippen molar-refractivity contribution in [3.63, 3.8) is 0 Å². The molecule has 1 saturated heterocycles. The van der Waals surface area contributed by atoms with Crippen LogP contribution in [0.3, 0.4) is 0 Å². The van der Waals surface area contributed by atoms with Crippen molar-refractivity contribution in [3.8, 4) is 0 Å². The molecule has 1 fully saturated rings. The molecule has 1 unspecified atom stereocenters. The Hall–Kier alpha value is -0.900. The highest BCUT2D eigenvalue weighted by atomic mass is 15.2. The second-order valence-corrected chi connectivity index (χ2v) is 5.66. The molecule has 1 aromatic carbocycles. The van der Waals surface area contributed by atoms with Crippen molar-refractivity contribution >= 4 is 0 Å². The lowest BCUT2D eigenvalue weighted by molar-refractivity contribution is 0.0908. The molecule has 0 saturated carbocycles. The first kappa shape index (κ1) is 12.2. The Morgan fingerprint density at radius 2 is 1.94 bits per heavy atom. The molecule has 2 heterocycles. The van der Waals surface area contributed by atoms with E-state index in [2.05, 4.69) is 41.1 Å². The molecule has 0 aromatic heterocycles. The van der Waals surface area contributed by atoms with E-state index in [-0.39, 0.29) is 0 Å². The molecule has 0 radical (unpaired) electrons. The lowest BCUT2D eigenvalue weighted by Crippen LogP contribution is -2.44. The number of hydrogen-bond donors (Lipinski definition) is 1. The van der Waals surface area contributed by atoms with Gasteiger partial charge in [0, 0.05) is 25.2 Å². The van der Waals surface area contributed by atoms with Gasteiger partial charge in [0.2, 0.25) is 0 Å². The van der Waals surface area contributed by atoms with Crippen LogP contribution in [0.5, 0.6) is 0 Å². The van der Waals surface area contributed by atoms with Crippen molar-refractivity contribution in [3.05, 3.63) is 35.4 Å². The van der Waals surface area contributed by atoms with E-state index >= 15 is 0 Å². The minimum absolute atomic E-state index is 0.439. The summed E-state index contributed by atoms with van der Waals surface area (Å²) in [5, 5.41) is 0. The summed E-state index contributed by atoms with van der Waals surface area (Å²) in [5.74, 6) is 0. The van der Waals surface area contributed by atoms with Crippen LogP contribution in [0.1, 0.15) is 30.0 Å². The molecule has 2 N–H and O–H groups in total. The maximum absolute atomic E-state index is 6.02. The van der Waals surface area contributed by atoms with E-state index in [0.717, 1.165) is 13.1 Å². The molecule has 0 spiro atoms. The highest BCUT2D eigenvalue weighted by Crippen LogP contribution is 2.36. The van der Waals surface area contributed by atoms with Crippen LogP contribution in [-0.4, -0.2) is 42.5 Å². The van der Waals surface area contributed by atoms with E-state index in [4.69, 9.17) is 5.73 Å². The highest BCUT2D eigenvalue weighted by molar-refractivity contribution is 5.34. The molecule has 0 bridgehead atoms. The number of nitrogens with two attached hydrogens (primary N) is 1. The predicted octanol–water partition coefficient (Wildman–Crippen LogP) is 1.60. The average molecular weight is 245 g/mol. The summed E-state index contributed by atoms with van der Waals surface area (Å²) >= 11 is 0. The Labute approximate surface area is 110 Å². The van der Waals surface area contributed by atoms with Gasteiger partial charge < -0.3 is 10.6 Å². The van der Waals surface area contributed by atoms with Crippen LogP contribution in [-0.2, 0) is 6.54 Å². The number of hydrogen-bond acceptors (Lipinski definition) is 3. The molecular weight excluding hydrogens is 222 g/mol. The van der Waals surface area contributed by atoms with Gasteiger partial charge in [-0.2, -0.15) is 0 Å². The standard InChI is InChI=1S/C15H23N3/c1-17-8-6-13(7-9-17)18-11-12-4-2-3-5-14(12)15(18)10-16/h2-5,13,15H,6-11,16H2,1H3. The lowest BCUT2D eigenvalue weighted by atomic mass is 10.0. The predicted molar refractivity (Wildman–Crippen MR) is 74.3 cm³/mol. The first-order valence-corrected chi connectivity index (χ1v) is 7.01. The van der Waals surface area contributed by atoms with E-state index in [1.165, 1.54) is 37.1 Å². The molecule has 0 amide bonds. The minimum atomic E-state index is 0.439. The Bertz CT molecular complexity index is 410. The Kier molecular flexibility index (Phi) is 3.37. The van der Waals surface area contributed by atoms with Gasteiger partial charge in [0.15, 0.2) is 0 Å². The number of nitrogens with zero attached hydrogens (tertiary/aromatic N) is 2. The molecule has 18 heavy (non-hydrogen) atoms. The van der Waals surface area contributed by atoms with Gasteiger partial charge in [0.1, 0.15) is 0 Å². The third-order valence-corrected chi connectivity index (χ3v) is 4.55. The van der Waals surface area contributed by atoms with Gasteiger partial charge in [-0.1, -0.05) is 24.3 Å². The maximum atomic E-state index is 6.02. The number of benzene rings is 1. The van der Waals surface area contributed by atoms with Crippen molar-refractivity contribution in [2.45, 2.75) is 31.5 Å². The summed E-state index contributed by atoms with van der Waals surface area (Å²) in [7, 11) is 2.22. The molecule has 3 rings (SSSR count). The molecule has 0 aliphatic carbocycles. The first-order valence-electron chi connectivity index (χ1n) is 7.01. The van der Waals surface area contributed by atoms with Crippen molar-refractivity contribution in [1.29, 1.82) is 0 Å². The summed E-state index contributed by atoms with van der Waals surface area (Å²) in [6.07, 6.45) is 2.56. The second-order valence-electron chi connectivity index (χ2n) is 5.66. The number of likely N-dealkylation sites (tertiary alicyclic amines) is 1. The molecule has 2 aliphatic rings. The van der Waals surface area contributed by atoms with Gasteiger partial charge in [-0.15, -0.1) is 0 Å². The zero-order valence-electron chi connectivity index (χ0n) is 11.2. The van der Waals surface area contributed by atoms with E-state index < -0.39 is 0 Å². The molecule has 1 aromatic rings. The van der Waals surface area contributed by atoms with Crippen molar-refractivity contribution in [2.24, 2.45) is 5.73 Å². The Morgan fingerprint density at radius 1 is 1.22 bits per heavy atom. The van der Waals surface area contributed by atoms with Crippen LogP contribution in [0.4, 0.5) is 0 Å². The minimum Gasteiger partial charge on any atom is -0.329 e. The van der Waals surface area contributed by atoms with Crippen LogP contribution < -0.4 is 5.73 Å². The number of piperidine rings is 1. The Morgan fingerprint density at radius 3 is 2.67 bits per heavy atom. The van der Waals surface area contributed by atoms with Gasteiger partial charge in [-0.25, -0.2) is 0 Å². The van der Waals surface area contributed by atoms with Gasteiger partial charge in [0.05, 0.1) is 0 Å². The molecular formula is C15H23N3. The average Bonchev–Trinajstić information content (AvgIpc) is 2.78. The second kappa shape index (κ2) is 5.00. The van der Waals surface area contributed by atoms with Crippen LogP contribution in [0.2, 0.25) is 0 Å². The van der Waals surface area contributed by atoms with E-state index in [9.17, 15) is 0 Å². The summed E-state index contributed by atoms with van der Waals surface area (Å²) in [4.78, 5) is 5.06. The van der Waals surface area contributed by atoms with E-state index in [1.54, 1.807) is 0 Å². The quantitative estimate of drug-likeness (QED) is 0.859. The molecule has 3 nitrogen and oxygen atoms in total. The van der Waals surface area contributed by atoms with Crippen molar-refractivity contribution in [1.82, 2.24) is 9.80 Å². The van der Waals surface area contributed by atoms with Crippen LogP contribution in [0.15, 0.2) is 24.3 Å². The fourth-order valence-electron chi connectivity index (χ4n) is 3.46. The molecule has 1 atom stereocenters. The highest BCUT2D eigenvalue weighted by Gasteiger charge is 2.34. The smallest absolute Gasteiger partial charge is 0.0480 e. The zero-order chi connectivity index (χ0) is 12.5. The summed E-state index contributed by atoms with van der Waals surface area (Å²) in [5.41, 5.74) is 8.96. The first-order chi connectivity index (χ1) is 8.79. The molecule has 98 valence electrons. The normalized spacial score (nSPS) is 26.4. The van der Waals surface area contributed by atoms with E-state index in [0.29, 0.717) is 12.1 Å². The number of fused-ring (bicyclic) bond motifs is 1. The van der Waals surface area contributed by atoms with Gasteiger partial charge in [0.25, 0.3) is 0 Å². The largest absolute Gasteiger partial charge is 0.329 e. The summed E-state index contributed by atoms with van der Waals surface area (Å²) in [6.45, 7) is 4.26. The Balaban J connectivity index is 1.79. The van der Waals surface area contributed by atoms with Crippen LogP contribution in [0, 0.1) is 0 Å². The van der Waals surface area contributed by atoms with Gasteiger partial charge in [-0.3, -0.25) is 4.90 Å². The molecule has 3 heteroatoms. The summed E-state index contributed by atoms with van der Waals surface area (Å²) < 4.78 is 0. The third-order valence-electron chi connectivity index (χ3n) is 4.55. The van der Waals surface area contributed by atoms with Crippen molar-refractivity contribution < 1.29 is 0 Å². The fourth-order valence-corrected chi connectivity index (χ4v) is 3.46. The van der Waals surface area contributed by atoms with Gasteiger partial charge in [-0.05, 0) is 44.1 Å². The lowest BCUT2D eigenvalue weighted by Gasteiger charge is -2.38.